The first-order chi connectivity index (χ1) is 20.2. The van der Waals surface area contributed by atoms with Crippen molar-refractivity contribution >= 4 is 17.5 Å². The zero-order valence-electron chi connectivity index (χ0n) is 26.4. The topological polar surface area (TPSA) is 72.8 Å². The van der Waals surface area contributed by atoms with E-state index in [-0.39, 0.29) is 24.7 Å². The normalized spacial score (nSPS) is 21.2. The molecule has 0 aliphatic heterocycles. The second-order valence-electron chi connectivity index (χ2n) is 12.7. The lowest BCUT2D eigenvalue weighted by atomic mass is 9.75. The van der Waals surface area contributed by atoms with Gasteiger partial charge in [-0.15, -0.1) is 0 Å². The van der Waals surface area contributed by atoms with Gasteiger partial charge >= 0.3 is 11.9 Å². The van der Waals surface area contributed by atoms with E-state index in [1.54, 1.807) is 12.5 Å². The predicted octanol–water partition coefficient (Wildman–Crippen LogP) is 8.50. The highest BCUT2D eigenvalue weighted by Crippen LogP contribution is 2.40. The minimum atomic E-state index is -0.608. The Hall–Kier alpha value is -2.66. The van der Waals surface area contributed by atoms with E-state index in [1.807, 2.05) is 0 Å². The summed E-state index contributed by atoms with van der Waals surface area (Å²) in [7, 11) is 0. The third-order valence-corrected chi connectivity index (χ3v) is 9.30. The van der Waals surface area contributed by atoms with Crippen molar-refractivity contribution in [1.82, 2.24) is 0 Å². The molecule has 42 heavy (non-hydrogen) atoms. The monoisotopic (exact) mass is 578 g/mol. The molecule has 1 saturated carbocycles. The molecule has 0 amide bonds. The Morgan fingerprint density at radius 3 is 2.29 bits per heavy atom. The molecule has 2 aliphatic carbocycles. The van der Waals surface area contributed by atoms with Gasteiger partial charge in [-0.3, -0.25) is 0 Å². The summed E-state index contributed by atoms with van der Waals surface area (Å²) in [6.07, 6.45) is 18.1. The summed E-state index contributed by atoms with van der Waals surface area (Å²) in [6.45, 7) is 13.3. The van der Waals surface area contributed by atoms with E-state index in [9.17, 15) is 9.59 Å². The molecule has 2 aliphatic rings. The van der Waals surface area contributed by atoms with Crippen LogP contribution in [0.3, 0.4) is 0 Å². The standard InChI is InChI=1S/C37H54O5/c1-6-8-9-10-28-11-17-33(18-12-28)35-20-19-34(22-31(35)7-2)32-15-13-29(14-16-32)21-30(24-41-36(39)26(3)4)25-42-37(40)27(5)23-38/h17,19-20,22,28-30,32,38H,3,5-16,18,21,23-25H2,1-2,4H3. The molecule has 2 unspecified atom stereocenters. The number of ether oxygens (including phenoxy) is 2. The van der Waals surface area contributed by atoms with Crippen molar-refractivity contribution < 1.29 is 24.2 Å². The van der Waals surface area contributed by atoms with E-state index in [1.165, 1.54) is 61.6 Å². The van der Waals surface area contributed by atoms with Crippen LogP contribution in [0, 0.1) is 17.8 Å². The molecule has 3 rings (SSSR count). The number of aliphatic hydroxyl groups is 1. The Labute approximate surface area is 254 Å². The van der Waals surface area contributed by atoms with Crippen LogP contribution in [-0.4, -0.2) is 36.9 Å². The number of aryl methyl sites for hydroxylation is 1. The van der Waals surface area contributed by atoms with Crippen molar-refractivity contribution in [3.8, 4) is 0 Å². The maximum absolute atomic E-state index is 12.0. The number of aliphatic hydroxyl groups excluding tert-OH is 1. The van der Waals surface area contributed by atoms with Gasteiger partial charge in [-0.05, 0) is 105 Å². The fraction of sp³-hybridized carbons (Fsp3) is 0.622. The van der Waals surface area contributed by atoms with Crippen molar-refractivity contribution in [2.45, 2.75) is 110 Å². The van der Waals surface area contributed by atoms with Gasteiger partial charge in [0.05, 0.1) is 25.4 Å². The van der Waals surface area contributed by atoms with Crippen LogP contribution in [0.15, 0.2) is 48.6 Å². The molecule has 0 spiro atoms. The van der Waals surface area contributed by atoms with Crippen molar-refractivity contribution in [2.75, 3.05) is 19.8 Å². The SMILES string of the molecule is C=C(C)C(=O)OCC(COC(=O)C(=C)CO)CC1CCC(c2ccc(C3=CCC(CCCCC)CC3)c(CC)c2)CC1. The third-order valence-electron chi connectivity index (χ3n) is 9.30. The van der Waals surface area contributed by atoms with Gasteiger partial charge in [-0.25, -0.2) is 9.59 Å². The van der Waals surface area contributed by atoms with Crippen molar-refractivity contribution in [2.24, 2.45) is 17.8 Å². The number of benzene rings is 1. The van der Waals surface area contributed by atoms with Gasteiger partial charge in [0.25, 0.3) is 0 Å². The van der Waals surface area contributed by atoms with Crippen LogP contribution in [0.5, 0.6) is 0 Å². The molecule has 0 heterocycles. The minimum absolute atomic E-state index is 0.0250. The Balaban J connectivity index is 1.56. The van der Waals surface area contributed by atoms with E-state index in [0.29, 0.717) is 17.4 Å². The first-order valence-electron chi connectivity index (χ1n) is 16.4. The molecule has 1 fully saturated rings. The van der Waals surface area contributed by atoms with E-state index in [4.69, 9.17) is 14.6 Å². The average molecular weight is 579 g/mol. The maximum Gasteiger partial charge on any atom is 0.335 e. The van der Waals surface area contributed by atoms with Crippen LogP contribution < -0.4 is 0 Å². The van der Waals surface area contributed by atoms with Gasteiger partial charge in [0.2, 0.25) is 0 Å². The number of allylic oxidation sites excluding steroid dienone is 2. The molecule has 1 aromatic carbocycles. The van der Waals surface area contributed by atoms with Crippen LogP contribution >= 0.6 is 0 Å². The number of hydrogen-bond acceptors (Lipinski definition) is 5. The average Bonchev–Trinajstić information content (AvgIpc) is 3.02. The highest BCUT2D eigenvalue weighted by atomic mass is 16.5. The Morgan fingerprint density at radius 1 is 0.976 bits per heavy atom. The Kier molecular flexibility index (Phi) is 14.1. The smallest absolute Gasteiger partial charge is 0.335 e. The lowest BCUT2D eigenvalue weighted by Gasteiger charge is -2.31. The summed E-state index contributed by atoms with van der Waals surface area (Å²) < 4.78 is 10.8. The molecule has 5 nitrogen and oxygen atoms in total. The van der Waals surface area contributed by atoms with Crippen LogP contribution in [0.2, 0.25) is 0 Å². The first-order valence-corrected chi connectivity index (χ1v) is 16.4. The summed E-state index contributed by atoms with van der Waals surface area (Å²) in [4.78, 5) is 24.0. The van der Waals surface area contributed by atoms with Crippen molar-refractivity contribution in [3.05, 3.63) is 65.3 Å². The second-order valence-corrected chi connectivity index (χ2v) is 12.7. The van der Waals surface area contributed by atoms with Crippen LogP contribution in [0.25, 0.3) is 5.57 Å². The van der Waals surface area contributed by atoms with E-state index >= 15 is 0 Å². The number of carbonyl (C=O) groups is 2. The molecular weight excluding hydrogens is 524 g/mol. The predicted molar refractivity (Wildman–Crippen MR) is 171 cm³/mol. The molecule has 0 aromatic heterocycles. The van der Waals surface area contributed by atoms with Crippen molar-refractivity contribution in [1.29, 1.82) is 0 Å². The van der Waals surface area contributed by atoms with Crippen LogP contribution in [-0.2, 0) is 25.5 Å². The van der Waals surface area contributed by atoms with Gasteiger partial charge in [0.1, 0.15) is 0 Å². The highest BCUT2D eigenvalue weighted by Gasteiger charge is 2.27. The van der Waals surface area contributed by atoms with Gasteiger partial charge in [0, 0.05) is 11.5 Å². The lowest BCUT2D eigenvalue weighted by molar-refractivity contribution is -0.144. The summed E-state index contributed by atoms with van der Waals surface area (Å²) in [5, 5.41) is 9.16. The fourth-order valence-corrected chi connectivity index (χ4v) is 6.62. The molecule has 2 atom stereocenters. The number of carbonyl (C=O) groups excluding carboxylic acids is 2. The molecule has 232 valence electrons. The largest absolute Gasteiger partial charge is 0.462 e. The van der Waals surface area contributed by atoms with E-state index in [0.717, 1.165) is 44.4 Å². The fourth-order valence-electron chi connectivity index (χ4n) is 6.62. The molecule has 0 saturated heterocycles. The molecule has 1 N–H and O–H groups in total. The van der Waals surface area contributed by atoms with Gasteiger partial charge in [-0.1, -0.05) is 77.0 Å². The minimum Gasteiger partial charge on any atom is -0.462 e. The quantitative estimate of drug-likeness (QED) is 0.121. The molecule has 1 aromatic rings. The lowest BCUT2D eigenvalue weighted by Crippen LogP contribution is -2.26. The second kappa shape index (κ2) is 17.5. The highest BCUT2D eigenvalue weighted by molar-refractivity contribution is 5.88. The van der Waals surface area contributed by atoms with Gasteiger partial charge in [0.15, 0.2) is 0 Å². The number of hydrogen-bond donors (Lipinski definition) is 1. The van der Waals surface area contributed by atoms with Crippen LogP contribution in [0.1, 0.15) is 120 Å². The zero-order chi connectivity index (χ0) is 30.5. The Bertz CT molecular complexity index is 1090. The molecular formula is C37H54O5. The number of esters is 2. The Morgan fingerprint density at radius 2 is 1.69 bits per heavy atom. The van der Waals surface area contributed by atoms with Crippen LogP contribution in [0.4, 0.5) is 0 Å². The molecule has 0 radical (unpaired) electrons. The summed E-state index contributed by atoms with van der Waals surface area (Å²) in [6, 6.07) is 7.24. The number of rotatable bonds is 16. The van der Waals surface area contributed by atoms with E-state index < -0.39 is 18.5 Å². The van der Waals surface area contributed by atoms with Gasteiger partial charge < -0.3 is 14.6 Å². The summed E-state index contributed by atoms with van der Waals surface area (Å²) in [5.74, 6) is 0.770. The summed E-state index contributed by atoms with van der Waals surface area (Å²) >= 11 is 0. The van der Waals surface area contributed by atoms with Crippen molar-refractivity contribution in [3.63, 3.8) is 0 Å². The zero-order valence-corrected chi connectivity index (χ0v) is 26.4. The molecule has 5 heteroatoms. The molecule has 0 bridgehead atoms. The van der Waals surface area contributed by atoms with E-state index in [2.05, 4.69) is 51.3 Å². The first kappa shape index (κ1) is 33.8. The maximum atomic E-state index is 12.0. The summed E-state index contributed by atoms with van der Waals surface area (Å²) in [5.41, 5.74) is 6.34. The third kappa shape index (κ3) is 10.3. The number of unbranched alkanes of at least 4 members (excludes halogenated alkanes) is 2. The van der Waals surface area contributed by atoms with Gasteiger partial charge in [-0.2, -0.15) is 0 Å².